The van der Waals surface area contributed by atoms with Crippen LogP contribution >= 0.6 is 23.2 Å². The van der Waals surface area contributed by atoms with Gasteiger partial charge in [0.15, 0.2) is 0 Å². The van der Waals surface area contributed by atoms with Gasteiger partial charge in [-0.2, -0.15) is 0 Å². The zero-order valence-electron chi connectivity index (χ0n) is 25.4. The van der Waals surface area contributed by atoms with Crippen LogP contribution in [-0.4, -0.2) is 69.1 Å². The predicted molar refractivity (Wildman–Crippen MR) is 177 cm³/mol. The Bertz CT molecular complexity index is 1580. The number of sulfonamides is 1. The first-order valence-corrected chi connectivity index (χ1v) is 17.6. The number of amides is 1. The fourth-order valence-electron chi connectivity index (χ4n) is 6.95. The molecule has 43 heavy (non-hydrogen) atoms. The maximum absolute atomic E-state index is 13.7. The number of hydrogen-bond donors (Lipinski definition) is 0. The summed E-state index contributed by atoms with van der Waals surface area (Å²) in [6, 6.07) is 20.4. The molecule has 9 heteroatoms. The van der Waals surface area contributed by atoms with Crippen molar-refractivity contribution in [2.75, 3.05) is 50.4 Å². The molecular weight excluding hydrogens is 601 g/mol. The second-order valence-corrected chi connectivity index (χ2v) is 15.1. The first kappa shape index (κ1) is 31.8. The third-order valence-corrected chi connectivity index (χ3v) is 11.2. The second-order valence-electron chi connectivity index (χ2n) is 12.3. The first-order chi connectivity index (χ1) is 20.4. The van der Waals surface area contributed by atoms with Crippen LogP contribution in [0.15, 0.2) is 60.7 Å². The number of hydrogen-bond acceptors (Lipinski definition) is 4. The van der Waals surface area contributed by atoms with E-state index in [0.29, 0.717) is 41.8 Å². The number of carbonyl (C=O) groups is 1. The number of aryl methyl sites for hydroxylation is 2. The summed E-state index contributed by atoms with van der Waals surface area (Å²) in [7, 11) is -3.20. The lowest BCUT2D eigenvalue weighted by Crippen LogP contribution is -2.47. The number of fused-ring (bicyclic) bond motifs is 2. The van der Waals surface area contributed by atoms with Gasteiger partial charge in [-0.25, -0.2) is 12.7 Å². The van der Waals surface area contributed by atoms with Crippen molar-refractivity contribution in [3.8, 4) is 0 Å². The molecule has 5 rings (SSSR count). The van der Waals surface area contributed by atoms with Gasteiger partial charge in [0.25, 0.3) is 5.91 Å². The Labute approximate surface area is 266 Å². The number of piperidine rings is 1. The fraction of sp³-hybridized carbons (Fsp3) is 0.441. The lowest BCUT2D eigenvalue weighted by Gasteiger charge is -2.39. The molecule has 0 aliphatic carbocycles. The Morgan fingerprint density at radius 2 is 1.65 bits per heavy atom. The summed E-state index contributed by atoms with van der Waals surface area (Å²) in [5, 5.41) is 1.02. The van der Waals surface area contributed by atoms with E-state index in [1.165, 1.54) is 17.5 Å². The maximum Gasteiger partial charge on any atom is 0.253 e. The Balaban J connectivity index is 1.39. The van der Waals surface area contributed by atoms with Gasteiger partial charge in [0.05, 0.1) is 16.3 Å². The molecule has 0 bridgehead atoms. The standard InChI is InChI=1S/C34H41Cl2N3O3S/c1-5-37(33(40)28-19-24(2)18-25(3)20-28)22-27(26-10-11-30(35)31(36)21-26)12-15-38-23-34(29-8-6-7-9-32(29)38)13-16-39(17-14-34)43(4,41)42/h6-11,18-21,27H,5,12-17,22-23H2,1-4H3/t27-/m1/s1. The number of para-hydroxylation sites is 1. The van der Waals surface area contributed by atoms with Gasteiger partial charge in [0.1, 0.15) is 0 Å². The zero-order chi connectivity index (χ0) is 30.9. The maximum atomic E-state index is 13.7. The molecule has 2 aliphatic heterocycles. The summed E-state index contributed by atoms with van der Waals surface area (Å²) in [6.45, 7) is 9.95. The molecule has 0 saturated carbocycles. The number of carbonyl (C=O) groups excluding carboxylic acids is 1. The van der Waals surface area contributed by atoms with E-state index in [1.807, 2.05) is 56.0 Å². The number of nitrogens with zero attached hydrogens (tertiary/aromatic N) is 3. The summed E-state index contributed by atoms with van der Waals surface area (Å²) in [5.41, 5.74) is 6.39. The number of likely N-dealkylation sites (N-methyl/N-ethyl adjacent to an activating group) is 1. The van der Waals surface area contributed by atoms with Gasteiger partial charge < -0.3 is 9.80 Å². The van der Waals surface area contributed by atoms with Crippen LogP contribution in [0.2, 0.25) is 10.0 Å². The molecule has 1 spiro atoms. The number of anilines is 1. The normalized spacial score (nSPS) is 17.2. The summed E-state index contributed by atoms with van der Waals surface area (Å²) >= 11 is 12.8. The van der Waals surface area contributed by atoms with Crippen molar-refractivity contribution in [1.29, 1.82) is 0 Å². The minimum atomic E-state index is -3.20. The molecule has 1 fully saturated rings. The van der Waals surface area contributed by atoms with Crippen molar-refractivity contribution in [3.05, 3.63) is 98.5 Å². The first-order valence-electron chi connectivity index (χ1n) is 15.0. The van der Waals surface area contributed by atoms with E-state index in [1.54, 1.807) is 4.31 Å². The molecule has 1 saturated heterocycles. The molecule has 3 aromatic carbocycles. The molecule has 0 radical (unpaired) electrons. The van der Waals surface area contributed by atoms with Gasteiger partial charge in [-0.1, -0.05) is 64.7 Å². The highest BCUT2D eigenvalue weighted by atomic mass is 35.5. The highest BCUT2D eigenvalue weighted by molar-refractivity contribution is 7.88. The van der Waals surface area contributed by atoms with E-state index in [0.717, 1.165) is 49.0 Å². The van der Waals surface area contributed by atoms with Crippen molar-refractivity contribution in [3.63, 3.8) is 0 Å². The fourth-order valence-corrected chi connectivity index (χ4v) is 8.10. The Morgan fingerprint density at radius 1 is 0.977 bits per heavy atom. The van der Waals surface area contributed by atoms with Gasteiger partial charge in [-0.15, -0.1) is 0 Å². The van der Waals surface area contributed by atoms with Crippen molar-refractivity contribution < 1.29 is 13.2 Å². The van der Waals surface area contributed by atoms with Crippen LogP contribution in [-0.2, 0) is 15.4 Å². The SMILES string of the molecule is CCN(C[C@@H](CCN1CC2(CCN(S(C)(=O)=O)CC2)c2ccccc21)c1ccc(Cl)c(Cl)c1)C(=O)c1cc(C)cc(C)c1. The van der Waals surface area contributed by atoms with Gasteiger partial charge in [-0.05, 0) is 81.5 Å². The lowest BCUT2D eigenvalue weighted by molar-refractivity contribution is 0.0752. The lowest BCUT2D eigenvalue weighted by atomic mass is 9.75. The third kappa shape index (κ3) is 6.90. The van der Waals surface area contributed by atoms with Crippen LogP contribution in [0, 0.1) is 13.8 Å². The van der Waals surface area contributed by atoms with Crippen LogP contribution in [0.4, 0.5) is 5.69 Å². The molecule has 6 nitrogen and oxygen atoms in total. The van der Waals surface area contributed by atoms with Gasteiger partial charge >= 0.3 is 0 Å². The van der Waals surface area contributed by atoms with E-state index in [2.05, 4.69) is 35.2 Å². The van der Waals surface area contributed by atoms with Gasteiger partial charge in [0, 0.05) is 61.9 Å². The van der Waals surface area contributed by atoms with E-state index in [9.17, 15) is 13.2 Å². The van der Waals surface area contributed by atoms with Gasteiger partial charge in [0.2, 0.25) is 10.0 Å². The van der Waals surface area contributed by atoms with Crippen LogP contribution in [0.5, 0.6) is 0 Å². The molecule has 3 aromatic rings. The molecule has 0 N–H and O–H groups in total. The van der Waals surface area contributed by atoms with Crippen LogP contribution in [0.3, 0.4) is 0 Å². The highest BCUT2D eigenvalue weighted by Gasteiger charge is 2.45. The summed E-state index contributed by atoms with van der Waals surface area (Å²) in [4.78, 5) is 18.1. The largest absolute Gasteiger partial charge is 0.370 e. The third-order valence-electron chi connectivity index (χ3n) is 9.20. The van der Waals surface area contributed by atoms with Crippen LogP contribution in [0.1, 0.15) is 64.7 Å². The van der Waals surface area contributed by atoms with Crippen LogP contribution in [0.25, 0.3) is 0 Å². The molecule has 2 aliphatic rings. The van der Waals surface area contributed by atoms with E-state index >= 15 is 0 Å². The summed E-state index contributed by atoms with van der Waals surface area (Å²) < 4.78 is 26.0. The van der Waals surface area contributed by atoms with E-state index < -0.39 is 10.0 Å². The van der Waals surface area contributed by atoms with Crippen molar-refractivity contribution in [1.82, 2.24) is 9.21 Å². The summed E-state index contributed by atoms with van der Waals surface area (Å²) in [6.07, 6.45) is 3.72. The number of rotatable bonds is 9. The quantitative estimate of drug-likeness (QED) is 0.251. The predicted octanol–water partition coefficient (Wildman–Crippen LogP) is 7.06. The van der Waals surface area contributed by atoms with E-state index in [4.69, 9.17) is 23.2 Å². The van der Waals surface area contributed by atoms with Crippen LogP contribution < -0.4 is 4.90 Å². The van der Waals surface area contributed by atoms with Crippen molar-refractivity contribution >= 4 is 44.8 Å². The topological polar surface area (TPSA) is 60.9 Å². The summed E-state index contributed by atoms with van der Waals surface area (Å²) in [5.74, 6) is 0.0721. The molecule has 230 valence electrons. The molecule has 0 unspecified atom stereocenters. The second kappa shape index (κ2) is 12.8. The van der Waals surface area contributed by atoms with Crippen molar-refractivity contribution in [2.45, 2.75) is 51.4 Å². The zero-order valence-corrected chi connectivity index (χ0v) is 27.8. The molecule has 0 aromatic heterocycles. The van der Waals surface area contributed by atoms with Gasteiger partial charge in [-0.3, -0.25) is 4.79 Å². The minimum Gasteiger partial charge on any atom is -0.370 e. The average Bonchev–Trinajstić information content (AvgIpc) is 3.26. The van der Waals surface area contributed by atoms with E-state index in [-0.39, 0.29) is 17.2 Å². The smallest absolute Gasteiger partial charge is 0.253 e. The Kier molecular flexibility index (Phi) is 9.48. The minimum absolute atomic E-state index is 0.0301. The number of halogens is 2. The average molecular weight is 643 g/mol. The molecule has 1 atom stereocenters. The molecule has 1 amide bonds. The Morgan fingerprint density at radius 3 is 2.28 bits per heavy atom. The number of benzene rings is 3. The molecular formula is C34H41Cl2N3O3S. The highest BCUT2D eigenvalue weighted by Crippen LogP contribution is 2.47. The van der Waals surface area contributed by atoms with Crippen molar-refractivity contribution in [2.24, 2.45) is 0 Å². The monoisotopic (exact) mass is 641 g/mol. The molecule has 2 heterocycles. The Hall–Kier alpha value is -2.58.